The van der Waals surface area contributed by atoms with Gasteiger partial charge < -0.3 is 23.4 Å². The first-order chi connectivity index (χ1) is 11.1. The van der Waals surface area contributed by atoms with Crippen molar-refractivity contribution in [2.75, 3.05) is 0 Å². The maximum absolute atomic E-state index is 11.5. The Hall–Kier alpha value is -0.606. The average Bonchev–Trinajstić information content (AvgIpc) is 2.34. The van der Waals surface area contributed by atoms with E-state index in [4.69, 9.17) is 0 Å². The van der Waals surface area contributed by atoms with Gasteiger partial charge in [0.25, 0.3) is 0 Å². The minimum atomic E-state index is -0.652. The topological polar surface area (TPSA) is 68.3 Å². The second-order valence-electron chi connectivity index (χ2n) is 10.3. The molecule has 0 aromatic carbocycles. The van der Waals surface area contributed by atoms with Crippen LogP contribution in [-0.4, -0.2) is 23.1 Å². The number of carbonyl (C=O) groups is 4. The van der Waals surface area contributed by atoms with Crippen molar-refractivity contribution in [1.82, 2.24) is 0 Å². The van der Waals surface area contributed by atoms with Crippen molar-refractivity contribution in [2.24, 2.45) is 21.7 Å². The molecule has 0 atom stereocenters. The third-order valence-corrected chi connectivity index (χ3v) is 3.82. The van der Waals surface area contributed by atoms with E-state index < -0.39 is 21.7 Å². The Labute approximate surface area is 181 Å². The van der Waals surface area contributed by atoms with Crippen molar-refractivity contribution in [2.45, 2.75) is 82.1 Å². The molecule has 0 spiro atoms. The standard InChI is InChI=1S/2C11H19O2.Ti/c2*1-10(2,3)8(12)7-9(13)11(4,5)6;/h2*1,7H2,2-6H3;/q2*-1;+2. The summed E-state index contributed by atoms with van der Waals surface area (Å²) in [6.45, 7) is 25.2. The fraction of sp³-hybridized carbons (Fsp3) is 0.727. The second kappa shape index (κ2) is 10.8. The summed E-state index contributed by atoms with van der Waals surface area (Å²) in [7, 11) is 0. The minimum Gasteiger partial charge on any atom is -0.331 e. The molecule has 0 saturated heterocycles. The summed E-state index contributed by atoms with van der Waals surface area (Å²) in [5.41, 5.74) is -2.16. The van der Waals surface area contributed by atoms with Gasteiger partial charge in [-0.25, -0.2) is 0 Å². The van der Waals surface area contributed by atoms with Gasteiger partial charge in [0.2, 0.25) is 0 Å². The summed E-state index contributed by atoms with van der Waals surface area (Å²) in [6, 6.07) is 0. The molecule has 0 fully saturated rings. The van der Waals surface area contributed by atoms with Gasteiger partial charge in [0, 0.05) is 10.8 Å². The summed E-state index contributed by atoms with van der Waals surface area (Å²) < 4.78 is 0. The number of hydrogen-bond donors (Lipinski definition) is 0. The van der Waals surface area contributed by atoms with E-state index in [1.165, 1.54) is 0 Å². The van der Waals surface area contributed by atoms with Gasteiger partial charge in [-0.2, -0.15) is 0 Å². The fourth-order valence-electron chi connectivity index (χ4n) is 1.30. The number of hydrogen-bond acceptors (Lipinski definition) is 4. The van der Waals surface area contributed by atoms with Gasteiger partial charge in [-0.3, -0.25) is 9.59 Å². The molecule has 0 rings (SSSR count). The van der Waals surface area contributed by atoms with Crippen LogP contribution in [0.25, 0.3) is 0 Å². The van der Waals surface area contributed by atoms with Crippen molar-refractivity contribution < 1.29 is 40.9 Å². The number of Topliss-reactive ketones (excluding diaryl/α,β-unsaturated/α-hetero) is 4. The normalized spacial score (nSPS) is 12.3. The zero-order chi connectivity index (χ0) is 21.7. The zero-order valence-corrected chi connectivity index (χ0v) is 20.5. The Morgan fingerprint density at radius 3 is 0.815 bits per heavy atom. The van der Waals surface area contributed by atoms with Crippen LogP contribution in [0.15, 0.2) is 0 Å². The van der Waals surface area contributed by atoms with Crippen LogP contribution in [-0.2, 0) is 40.9 Å². The zero-order valence-electron chi connectivity index (χ0n) is 19.0. The van der Waals surface area contributed by atoms with Crippen LogP contribution in [0.1, 0.15) is 82.1 Å². The van der Waals surface area contributed by atoms with Gasteiger partial charge >= 0.3 is 21.7 Å². The van der Waals surface area contributed by atoms with E-state index >= 15 is 0 Å². The van der Waals surface area contributed by atoms with Crippen LogP contribution in [0.3, 0.4) is 0 Å². The summed E-state index contributed by atoms with van der Waals surface area (Å²) >= 11 is 0. The molecule has 0 saturated carbocycles. The average molecular weight is 414 g/mol. The summed E-state index contributed by atoms with van der Waals surface area (Å²) in [5.74, 6) is -0.219. The van der Waals surface area contributed by atoms with E-state index in [0.29, 0.717) is 0 Å². The molecule has 0 aromatic heterocycles. The van der Waals surface area contributed by atoms with Crippen LogP contribution < -0.4 is 0 Å². The van der Waals surface area contributed by atoms with Gasteiger partial charge in [0.1, 0.15) is 23.1 Å². The third kappa shape index (κ3) is 14.1. The molecule has 5 heteroatoms. The molecule has 0 radical (unpaired) electrons. The van der Waals surface area contributed by atoms with Crippen LogP contribution in [0.5, 0.6) is 0 Å². The van der Waals surface area contributed by atoms with Crippen LogP contribution >= 0.6 is 0 Å². The maximum atomic E-state index is 11.5. The number of carbonyl (C=O) groups excluding carboxylic acids is 4. The number of ketones is 4. The van der Waals surface area contributed by atoms with Gasteiger partial charge in [0.15, 0.2) is 0 Å². The van der Waals surface area contributed by atoms with Crippen LogP contribution in [0, 0.1) is 35.5 Å². The fourth-order valence-corrected chi connectivity index (χ4v) is 1.30. The van der Waals surface area contributed by atoms with E-state index in [1.807, 2.05) is 41.5 Å². The van der Waals surface area contributed by atoms with Gasteiger partial charge in [-0.05, 0) is 0 Å². The molecule has 154 valence electrons. The Morgan fingerprint density at radius 2 is 0.704 bits per heavy atom. The number of rotatable bonds is 6. The second-order valence-corrected chi connectivity index (χ2v) is 10.3. The van der Waals surface area contributed by atoms with Crippen molar-refractivity contribution >= 4 is 23.1 Å². The van der Waals surface area contributed by atoms with Crippen molar-refractivity contribution in [3.05, 3.63) is 13.8 Å². The Balaban J connectivity index is -0.000000411. The molecule has 4 nitrogen and oxygen atoms in total. The summed E-state index contributed by atoms with van der Waals surface area (Å²) in [5, 5.41) is 0. The maximum Gasteiger partial charge on any atom is 2.00 e. The molecule has 27 heavy (non-hydrogen) atoms. The van der Waals surface area contributed by atoms with Crippen LogP contribution in [0.4, 0.5) is 0 Å². The Kier molecular flexibility index (Phi) is 12.4. The van der Waals surface area contributed by atoms with Gasteiger partial charge in [-0.1, -0.05) is 69.2 Å². The molecule has 0 aliphatic carbocycles. The predicted molar refractivity (Wildman–Crippen MR) is 106 cm³/mol. The van der Waals surface area contributed by atoms with E-state index in [0.717, 1.165) is 0 Å². The molecular weight excluding hydrogens is 376 g/mol. The van der Waals surface area contributed by atoms with E-state index in [-0.39, 0.29) is 57.7 Å². The molecular formula is C22H38O4Ti. The third-order valence-electron chi connectivity index (χ3n) is 3.82. The predicted octanol–water partition coefficient (Wildman–Crippen LogP) is 4.84. The van der Waals surface area contributed by atoms with E-state index in [1.54, 1.807) is 27.7 Å². The van der Waals surface area contributed by atoms with E-state index in [2.05, 4.69) is 13.8 Å². The van der Waals surface area contributed by atoms with Crippen molar-refractivity contribution in [1.29, 1.82) is 0 Å². The van der Waals surface area contributed by atoms with E-state index in [9.17, 15) is 19.2 Å². The Bertz CT molecular complexity index is 435. The Morgan fingerprint density at radius 1 is 0.519 bits per heavy atom. The molecule has 0 aliphatic rings. The molecule has 0 aromatic rings. The monoisotopic (exact) mass is 414 g/mol. The molecule has 0 N–H and O–H groups in total. The minimum absolute atomic E-state index is 0. The first-order valence-corrected chi connectivity index (χ1v) is 8.94. The molecule has 0 unspecified atom stereocenters. The summed E-state index contributed by atoms with van der Waals surface area (Å²) in [4.78, 5) is 45.8. The molecule has 0 bridgehead atoms. The van der Waals surface area contributed by atoms with Crippen molar-refractivity contribution in [3.8, 4) is 0 Å². The van der Waals surface area contributed by atoms with Gasteiger partial charge in [0.05, 0.1) is 12.8 Å². The quantitative estimate of drug-likeness (QED) is 0.354. The van der Waals surface area contributed by atoms with Gasteiger partial charge in [-0.15, -0.1) is 10.8 Å². The van der Waals surface area contributed by atoms with Crippen LogP contribution in [0.2, 0.25) is 0 Å². The smallest absolute Gasteiger partial charge is 0.331 e. The largest absolute Gasteiger partial charge is 2.00 e. The molecule has 0 amide bonds. The summed E-state index contributed by atoms with van der Waals surface area (Å²) in [6.07, 6.45) is -0.000000000000000444. The first kappa shape index (κ1) is 31.1. The van der Waals surface area contributed by atoms with Crippen molar-refractivity contribution in [3.63, 3.8) is 0 Å². The first-order valence-electron chi connectivity index (χ1n) is 8.94. The molecule has 0 heterocycles. The SMILES string of the molecule is [CH2-]C(C)(C)C(=O)CC(=O)C(C)(C)C.[CH2-]C(C)(C)C(=O)CC(=O)C(C)(C)C.[Ti+2]. The molecule has 0 aliphatic heterocycles.